The highest BCUT2D eigenvalue weighted by atomic mass is 16.5. The average Bonchev–Trinajstić information content (AvgIpc) is 3.32. The van der Waals surface area contributed by atoms with E-state index in [4.69, 9.17) is 4.74 Å². The van der Waals surface area contributed by atoms with E-state index in [-0.39, 0.29) is 18.1 Å². The third-order valence-electron chi connectivity index (χ3n) is 6.04. The largest absolute Gasteiger partial charge is 0.477 e. The molecule has 0 aliphatic carbocycles. The smallest absolute Gasteiger partial charge is 0.274 e. The third kappa shape index (κ3) is 4.30. The Morgan fingerprint density at radius 1 is 1.17 bits per heavy atom. The van der Waals surface area contributed by atoms with E-state index in [1.807, 2.05) is 6.92 Å². The van der Waals surface area contributed by atoms with E-state index in [1.54, 1.807) is 40.7 Å². The van der Waals surface area contributed by atoms with E-state index < -0.39 is 0 Å². The number of ether oxygens (including phenoxy) is 1. The highest BCUT2D eigenvalue weighted by molar-refractivity contribution is 6.04. The zero-order valence-electron chi connectivity index (χ0n) is 19.7. The molecular weight excluding hydrogens is 450 g/mol. The molecule has 182 valence electrons. The van der Waals surface area contributed by atoms with Gasteiger partial charge in [-0.05, 0) is 44.4 Å². The maximum Gasteiger partial charge on any atom is 0.274 e. The van der Waals surface area contributed by atoms with Crippen molar-refractivity contribution in [3.05, 3.63) is 51.7 Å². The molecular formula is C24H27N7O4. The number of hydrogen-bond donors (Lipinski definition) is 3. The molecule has 0 unspecified atom stereocenters. The number of aryl methyl sites for hydroxylation is 3. The number of carbonyl (C=O) groups excluding carboxylic acids is 1. The molecule has 1 amide bonds. The number of hydrogen-bond acceptors (Lipinski definition) is 7. The highest BCUT2D eigenvalue weighted by Gasteiger charge is 2.23. The van der Waals surface area contributed by atoms with Gasteiger partial charge in [-0.15, -0.1) is 0 Å². The van der Waals surface area contributed by atoms with Crippen LogP contribution in [0.5, 0.6) is 5.88 Å². The fraction of sp³-hybridized carbons (Fsp3) is 0.375. The van der Waals surface area contributed by atoms with Gasteiger partial charge in [-0.2, -0.15) is 5.10 Å². The number of amides is 1. The number of imidazole rings is 1. The fourth-order valence-electron chi connectivity index (χ4n) is 4.49. The number of fused-ring (bicyclic) bond motifs is 7. The molecule has 0 fully saturated rings. The van der Waals surface area contributed by atoms with Crippen LogP contribution < -0.4 is 15.6 Å². The number of pyridine rings is 2. The van der Waals surface area contributed by atoms with Crippen LogP contribution in [0.4, 0.5) is 5.95 Å². The molecule has 0 saturated heterocycles. The Kier molecular flexibility index (Phi) is 6.08. The topological polar surface area (TPSA) is 140 Å². The lowest BCUT2D eigenvalue weighted by Crippen LogP contribution is -2.18. The van der Waals surface area contributed by atoms with E-state index in [9.17, 15) is 14.7 Å². The Hall–Kier alpha value is -3.99. The molecule has 0 atom stereocenters. The van der Waals surface area contributed by atoms with Gasteiger partial charge in [-0.25, -0.2) is 9.67 Å². The van der Waals surface area contributed by atoms with Crippen molar-refractivity contribution in [1.82, 2.24) is 29.3 Å². The first kappa shape index (κ1) is 22.8. The highest BCUT2D eigenvalue weighted by Crippen LogP contribution is 2.34. The van der Waals surface area contributed by atoms with Crippen LogP contribution in [0.1, 0.15) is 41.0 Å². The number of aliphatic hydroxyl groups is 1. The van der Waals surface area contributed by atoms with E-state index in [1.165, 1.54) is 0 Å². The Bertz CT molecular complexity index is 1470. The number of aromatic amines is 1. The zero-order chi connectivity index (χ0) is 24.5. The molecule has 11 nitrogen and oxygen atoms in total. The number of aromatic nitrogens is 6. The molecule has 0 spiro atoms. The number of aliphatic hydroxyl groups excluding tert-OH is 1. The van der Waals surface area contributed by atoms with Crippen LogP contribution in [-0.2, 0) is 20.0 Å². The predicted molar refractivity (Wildman–Crippen MR) is 130 cm³/mol. The van der Waals surface area contributed by atoms with Gasteiger partial charge in [0.05, 0.1) is 29.1 Å². The summed E-state index contributed by atoms with van der Waals surface area (Å²) in [6, 6.07) is 5.10. The molecule has 1 aliphatic heterocycles. The number of nitrogens with one attached hydrogen (secondary N) is 2. The fourth-order valence-corrected chi connectivity index (χ4v) is 4.49. The summed E-state index contributed by atoms with van der Waals surface area (Å²) in [5.41, 5.74) is 3.61. The van der Waals surface area contributed by atoms with Crippen LogP contribution in [0.15, 0.2) is 29.2 Å². The summed E-state index contributed by atoms with van der Waals surface area (Å²) >= 11 is 0. The van der Waals surface area contributed by atoms with Crippen LogP contribution in [-0.4, -0.2) is 53.5 Å². The molecule has 1 aliphatic rings. The second kappa shape index (κ2) is 9.34. The van der Waals surface area contributed by atoms with E-state index in [0.717, 1.165) is 19.3 Å². The van der Waals surface area contributed by atoms with E-state index in [2.05, 4.69) is 25.4 Å². The van der Waals surface area contributed by atoms with Crippen LogP contribution in [0, 0.1) is 6.92 Å². The molecule has 4 aromatic rings. The Morgan fingerprint density at radius 3 is 2.86 bits per heavy atom. The molecule has 0 saturated carbocycles. The molecule has 5 heterocycles. The Morgan fingerprint density at radius 2 is 2.03 bits per heavy atom. The number of carbonyl (C=O) groups is 1. The van der Waals surface area contributed by atoms with Gasteiger partial charge in [-0.3, -0.25) is 19.9 Å². The van der Waals surface area contributed by atoms with Crippen molar-refractivity contribution in [1.29, 1.82) is 0 Å². The summed E-state index contributed by atoms with van der Waals surface area (Å²) in [6.45, 7) is 2.74. The number of H-pyrrole nitrogens is 1. The minimum absolute atomic E-state index is 0.0715. The molecule has 3 N–H and O–H groups in total. The van der Waals surface area contributed by atoms with Crippen molar-refractivity contribution in [2.75, 3.05) is 18.5 Å². The number of rotatable bonds is 2. The van der Waals surface area contributed by atoms with Gasteiger partial charge in [0, 0.05) is 44.1 Å². The predicted octanol–water partition coefficient (Wildman–Crippen LogP) is 2.18. The molecule has 35 heavy (non-hydrogen) atoms. The van der Waals surface area contributed by atoms with Crippen molar-refractivity contribution in [2.24, 2.45) is 7.05 Å². The van der Waals surface area contributed by atoms with Crippen molar-refractivity contribution in [3.63, 3.8) is 0 Å². The minimum Gasteiger partial charge on any atom is -0.477 e. The maximum absolute atomic E-state index is 13.4. The first-order valence-corrected chi connectivity index (χ1v) is 11.6. The van der Waals surface area contributed by atoms with Crippen LogP contribution in [0.25, 0.3) is 22.3 Å². The zero-order valence-corrected chi connectivity index (χ0v) is 19.7. The second-order valence-corrected chi connectivity index (χ2v) is 8.60. The molecule has 0 aromatic carbocycles. The summed E-state index contributed by atoms with van der Waals surface area (Å²) in [5, 5.41) is 17.0. The van der Waals surface area contributed by atoms with Gasteiger partial charge >= 0.3 is 0 Å². The van der Waals surface area contributed by atoms with Crippen LogP contribution >= 0.6 is 0 Å². The Balaban J connectivity index is 1.64. The lowest BCUT2D eigenvalue weighted by atomic mass is 10.1. The normalized spacial score (nSPS) is 14.4. The lowest BCUT2D eigenvalue weighted by Gasteiger charge is -2.11. The summed E-state index contributed by atoms with van der Waals surface area (Å²) < 4.78 is 9.55. The number of nitrogens with zero attached hydrogens (tertiary/aromatic N) is 5. The minimum atomic E-state index is -0.366. The SMILES string of the molecule is Cc1cc2cc(n1)-c1c(CCO)nn(C)c1OCCCCCn1c(nc3cc[nH]c(=O)c31)NC2=O. The summed E-state index contributed by atoms with van der Waals surface area (Å²) in [4.78, 5) is 37.7. The monoisotopic (exact) mass is 477 g/mol. The van der Waals surface area contributed by atoms with Gasteiger partial charge in [0.1, 0.15) is 5.52 Å². The van der Waals surface area contributed by atoms with Crippen LogP contribution in [0.2, 0.25) is 0 Å². The maximum atomic E-state index is 13.4. The first-order chi connectivity index (χ1) is 17.0. The van der Waals surface area contributed by atoms with Gasteiger partial charge in [0.15, 0.2) is 0 Å². The molecule has 11 heteroatoms. The van der Waals surface area contributed by atoms with Crippen molar-refractivity contribution in [2.45, 2.75) is 39.2 Å². The van der Waals surface area contributed by atoms with Crippen LogP contribution in [0.3, 0.4) is 0 Å². The molecule has 2 bridgehead atoms. The van der Waals surface area contributed by atoms with Gasteiger partial charge in [0.2, 0.25) is 11.8 Å². The summed E-state index contributed by atoms with van der Waals surface area (Å²) in [7, 11) is 1.79. The van der Waals surface area contributed by atoms with E-state index in [0.29, 0.717) is 70.6 Å². The second-order valence-electron chi connectivity index (χ2n) is 8.60. The van der Waals surface area contributed by atoms with Crippen molar-refractivity contribution >= 4 is 22.9 Å². The molecule has 5 rings (SSSR count). The molecule has 0 radical (unpaired) electrons. The van der Waals surface area contributed by atoms with Gasteiger partial charge in [-0.1, -0.05) is 0 Å². The van der Waals surface area contributed by atoms with Crippen molar-refractivity contribution < 1.29 is 14.6 Å². The quantitative estimate of drug-likeness (QED) is 0.402. The Labute approximate surface area is 200 Å². The number of anilines is 1. The standard InChI is InChI=1S/C24H27N7O4/c1-14-12-15-13-18(26-14)19-16(7-10-32)29-30(2)23(19)35-11-5-3-4-9-31-20-17(6-8-25-22(20)34)27-24(31)28-21(15)33/h6,8,12-13,32H,3-5,7,9-11H2,1-2H3,(H,25,34)(H,27,28,33). The summed E-state index contributed by atoms with van der Waals surface area (Å²) in [6.07, 6.45) is 4.29. The van der Waals surface area contributed by atoms with Gasteiger partial charge in [0.25, 0.3) is 11.5 Å². The average molecular weight is 478 g/mol. The van der Waals surface area contributed by atoms with Crippen molar-refractivity contribution in [3.8, 4) is 17.1 Å². The molecule has 4 aromatic heterocycles. The third-order valence-corrected chi connectivity index (χ3v) is 6.04. The summed E-state index contributed by atoms with van der Waals surface area (Å²) in [5.74, 6) is 0.514. The van der Waals surface area contributed by atoms with Gasteiger partial charge < -0.3 is 19.4 Å². The first-order valence-electron chi connectivity index (χ1n) is 11.6. The lowest BCUT2D eigenvalue weighted by molar-refractivity contribution is 0.102. The van der Waals surface area contributed by atoms with E-state index >= 15 is 0 Å².